The molecule has 21 heavy (non-hydrogen) atoms. The lowest BCUT2D eigenvalue weighted by Crippen LogP contribution is -2.22. The number of hydrogen-bond acceptors (Lipinski definition) is 1. The highest BCUT2D eigenvalue weighted by Crippen LogP contribution is 2.35. The molecule has 1 N–H and O–H groups in total. The molecule has 1 unspecified atom stereocenters. The van der Waals surface area contributed by atoms with Gasteiger partial charge >= 0.3 is 0 Å². The SMILES string of the molecule is CC(NCCc1ccccc1F)c1ccc(Cl)c(Cl)c1Cl. The molecular weight excluding hydrogens is 332 g/mol. The average Bonchev–Trinajstić information content (AvgIpc) is 2.47. The minimum Gasteiger partial charge on any atom is -0.310 e. The van der Waals surface area contributed by atoms with E-state index >= 15 is 0 Å². The highest BCUT2D eigenvalue weighted by molar-refractivity contribution is 6.48. The first-order valence-electron chi connectivity index (χ1n) is 6.61. The Bertz CT molecular complexity index is 631. The second-order valence-corrected chi connectivity index (χ2v) is 5.94. The lowest BCUT2D eigenvalue weighted by molar-refractivity contribution is 0.559. The molecule has 2 aromatic rings. The van der Waals surface area contributed by atoms with Crippen molar-refractivity contribution in [2.45, 2.75) is 19.4 Å². The molecule has 0 aliphatic heterocycles. The van der Waals surface area contributed by atoms with Crippen LogP contribution >= 0.6 is 34.8 Å². The van der Waals surface area contributed by atoms with Crippen LogP contribution < -0.4 is 5.32 Å². The van der Waals surface area contributed by atoms with E-state index in [2.05, 4.69) is 5.32 Å². The van der Waals surface area contributed by atoms with Crippen LogP contribution in [0.15, 0.2) is 36.4 Å². The second-order valence-electron chi connectivity index (χ2n) is 4.78. The van der Waals surface area contributed by atoms with Gasteiger partial charge in [-0.1, -0.05) is 59.1 Å². The molecule has 2 rings (SSSR count). The zero-order valence-electron chi connectivity index (χ0n) is 11.5. The summed E-state index contributed by atoms with van der Waals surface area (Å²) in [6, 6.07) is 10.3. The van der Waals surface area contributed by atoms with Crippen molar-refractivity contribution in [3.63, 3.8) is 0 Å². The van der Waals surface area contributed by atoms with Gasteiger partial charge in [-0.15, -0.1) is 0 Å². The van der Waals surface area contributed by atoms with E-state index in [4.69, 9.17) is 34.8 Å². The molecule has 0 heterocycles. The van der Waals surface area contributed by atoms with Gasteiger partial charge in [0.25, 0.3) is 0 Å². The first kappa shape index (κ1) is 16.6. The molecule has 0 aliphatic rings. The molecule has 0 saturated heterocycles. The van der Waals surface area contributed by atoms with Crippen LogP contribution in [0.2, 0.25) is 15.1 Å². The summed E-state index contributed by atoms with van der Waals surface area (Å²) in [6.45, 7) is 2.62. The first-order chi connectivity index (χ1) is 10.0. The lowest BCUT2D eigenvalue weighted by Gasteiger charge is -2.17. The number of benzene rings is 2. The molecule has 0 aliphatic carbocycles. The molecule has 0 spiro atoms. The summed E-state index contributed by atoms with van der Waals surface area (Å²) in [5.41, 5.74) is 1.57. The molecule has 0 radical (unpaired) electrons. The molecule has 1 atom stereocenters. The first-order valence-corrected chi connectivity index (χ1v) is 7.74. The topological polar surface area (TPSA) is 12.0 Å². The van der Waals surface area contributed by atoms with Gasteiger partial charge in [0, 0.05) is 6.04 Å². The van der Waals surface area contributed by atoms with Crippen LogP contribution in [0.4, 0.5) is 4.39 Å². The summed E-state index contributed by atoms with van der Waals surface area (Å²) in [7, 11) is 0. The molecule has 2 aromatic carbocycles. The Labute approximate surface area is 139 Å². The maximum absolute atomic E-state index is 13.5. The molecular formula is C16H15Cl3FN. The number of hydrogen-bond donors (Lipinski definition) is 1. The highest BCUT2D eigenvalue weighted by Gasteiger charge is 2.14. The summed E-state index contributed by atoms with van der Waals surface area (Å²) < 4.78 is 13.5. The molecule has 1 nitrogen and oxygen atoms in total. The smallest absolute Gasteiger partial charge is 0.126 e. The predicted molar refractivity (Wildman–Crippen MR) is 88.0 cm³/mol. The third-order valence-corrected chi connectivity index (χ3v) is 4.64. The van der Waals surface area contributed by atoms with E-state index in [1.165, 1.54) is 6.07 Å². The van der Waals surface area contributed by atoms with Gasteiger partial charge in [-0.2, -0.15) is 0 Å². The van der Waals surface area contributed by atoms with Crippen LogP contribution in [0.5, 0.6) is 0 Å². The van der Waals surface area contributed by atoms with E-state index in [0.717, 1.165) is 5.56 Å². The Kier molecular flexibility index (Phi) is 5.88. The Balaban J connectivity index is 1.98. The van der Waals surface area contributed by atoms with Crippen molar-refractivity contribution in [2.75, 3.05) is 6.54 Å². The molecule has 0 bridgehead atoms. The van der Waals surface area contributed by atoms with Gasteiger partial charge < -0.3 is 5.32 Å². The second kappa shape index (κ2) is 7.46. The van der Waals surface area contributed by atoms with E-state index in [1.807, 2.05) is 19.1 Å². The van der Waals surface area contributed by atoms with Crippen LogP contribution in [0.25, 0.3) is 0 Å². The summed E-state index contributed by atoms with van der Waals surface area (Å²) in [5.74, 6) is -0.181. The maximum atomic E-state index is 13.5. The van der Waals surface area contributed by atoms with E-state index in [9.17, 15) is 4.39 Å². The zero-order chi connectivity index (χ0) is 15.4. The monoisotopic (exact) mass is 345 g/mol. The van der Waals surface area contributed by atoms with Crippen molar-refractivity contribution in [3.05, 3.63) is 68.4 Å². The van der Waals surface area contributed by atoms with E-state index in [-0.39, 0.29) is 11.9 Å². The molecule has 0 fully saturated rings. The molecule has 0 amide bonds. The zero-order valence-corrected chi connectivity index (χ0v) is 13.7. The van der Waals surface area contributed by atoms with Crippen LogP contribution in [-0.4, -0.2) is 6.54 Å². The van der Waals surface area contributed by atoms with Gasteiger partial charge in [-0.05, 0) is 43.1 Å². The van der Waals surface area contributed by atoms with Gasteiger partial charge in [0.2, 0.25) is 0 Å². The Hall–Kier alpha value is -0.800. The Morgan fingerprint density at radius 2 is 1.76 bits per heavy atom. The van der Waals surface area contributed by atoms with Crippen molar-refractivity contribution in [2.24, 2.45) is 0 Å². The fourth-order valence-corrected chi connectivity index (χ4v) is 2.82. The Morgan fingerprint density at radius 3 is 2.48 bits per heavy atom. The van der Waals surface area contributed by atoms with Gasteiger partial charge in [0.05, 0.1) is 15.1 Å². The average molecular weight is 347 g/mol. The molecule has 5 heteroatoms. The summed E-state index contributed by atoms with van der Waals surface area (Å²) in [4.78, 5) is 0. The van der Waals surface area contributed by atoms with Crippen molar-refractivity contribution in [1.29, 1.82) is 0 Å². The fourth-order valence-electron chi connectivity index (χ4n) is 2.11. The predicted octanol–water partition coefficient (Wildman–Crippen LogP) is 5.68. The van der Waals surface area contributed by atoms with E-state index in [0.29, 0.717) is 33.6 Å². The summed E-state index contributed by atoms with van der Waals surface area (Å²) in [5, 5.41) is 4.56. The molecule has 0 aromatic heterocycles. The van der Waals surface area contributed by atoms with E-state index < -0.39 is 0 Å². The minimum absolute atomic E-state index is 0.000889. The van der Waals surface area contributed by atoms with Crippen molar-refractivity contribution in [3.8, 4) is 0 Å². The van der Waals surface area contributed by atoms with Crippen molar-refractivity contribution < 1.29 is 4.39 Å². The van der Waals surface area contributed by atoms with Crippen molar-refractivity contribution >= 4 is 34.8 Å². The fraction of sp³-hybridized carbons (Fsp3) is 0.250. The van der Waals surface area contributed by atoms with Gasteiger partial charge in [-0.3, -0.25) is 0 Å². The maximum Gasteiger partial charge on any atom is 0.126 e. The third kappa shape index (κ3) is 4.10. The molecule has 112 valence electrons. The van der Waals surface area contributed by atoms with Gasteiger partial charge in [0.15, 0.2) is 0 Å². The van der Waals surface area contributed by atoms with Crippen LogP contribution in [0.1, 0.15) is 24.1 Å². The minimum atomic E-state index is -0.181. The number of halogens is 4. The van der Waals surface area contributed by atoms with Gasteiger partial charge in [0.1, 0.15) is 5.82 Å². The van der Waals surface area contributed by atoms with Gasteiger partial charge in [-0.25, -0.2) is 4.39 Å². The van der Waals surface area contributed by atoms with Crippen LogP contribution in [-0.2, 0) is 6.42 Å². The van der Waals surface area contributed by atoms with Crippen LogP contribution in [0, 0.1) is 5.82 Å². The Morgan fingerprint density at radius 1 is 1.05 bits per heavy atom. The quantitative estimate of drug-likeness (QED) is 0.687. The molecule has 0 saturated carbocycles. The summed E-state index contributed by atoms with van der Waals surface area (Å²) >= 11 is 18.1. The normalized spacial score (nSPS) is 12.4. The van der Waals surface area contributed by atoms with Crippen molar-refractivity contribution in [1.82, 2.24) is 5.32 Å². The largest absolute Gasteiger partial charge is 0.310 e. The van der Waals surface area contributed by atoms with E-state index in [1.54, 1.807) is 18.2 Å². The summed E-state index contributed by atoms with van der Waals surface area (Å²) in [6.07, 6.45) is 0.607. The van der Waals surface area contributed by atoms with Crippen LogP contribution in [0.3, 0.4) is 0 Å². The number of nitrogens with one attached hydrogen (secondary N) is 1. The highest BCUT2D eigenvalue weighted by atomic mass is 35.5. The third-order valence-electron chi connectivity index (χ3n) is 3.33. The lowest BCUT2D eigenvalue weighted by atomic mass is 10.1. The standard InChI is InChI=1S/C16H15Cl3FN/c1-10(12-6-7-13(17)16(19)15(12)18)21-9-8-11-4-2-3-5-14(11)20/h2-7,10,21H,8-9H2,1H3. The number of rotatable bonds is 5.